The number of benzene rings is 2. The van der Waals surface area contributed by atoms with Gasteiger partial charge in [0.25, 0.3) is 5.91 Å². The van der Waals surface area contributed by atoms with Crippen molar-refractivity contribution in [3.8, 4) is 11.1 Å². The van der Waals surface area contributed by atoms with Gasteiger partial charge in [-0.1, -0.05) is 32.0 Å². The average molecular weight is 434 g/mol. The first kappa shape index (κ1) is 22.5. The summed E-state index contributed by atoms with van der Waals surface area (Å²) >= 11 is 0. The van der Waals surface area contributed by atoms with Gasteiger partial charge in [-0.3, -0.25) is 14.5 Å². The van der Waals surface area contributed by atoms with E-state index in [0.29, 0.717) is 11.6 Å². The molecule has 2 N–H and O–H groups in total. The van der Waals surface area contributed by atoms with Crippen molar-refractivity contribution in [1.29, 1.82) is 0 Å². The van der Waals surface area contributed by atoms with Crippen LogP contribution in [-0.4, -0.2) is 53.8 Å². The molecule has 2 aliphatic heterocycles. The largest absolute Gasteiger partial charge is 0.366 e. The highest BCUT2D eigenvalue weighted by Crippen LogP contribution is 2.32. The minimum Gasteiger partial charge on any atom is -0.366 e. The molecule has 2 aromatic carbocycles. The van der Waals surface area contributed by atoms with Crippen LogP contribution in [0.5, 0.6) is 0 Å². The topological polar surface area (TPSA) is 66.6 Å². The second-order valence-electron chi connectivity index (χ2n) is 9.13. The number of likely N-dealkylation sites (tertiary alicyclic amines) is 1. The molecule has 0 aliphatic carbocycles. The van der Waals surface area contributed by atoms with Gasteiger partial charge >= 0.3 is 0 Å². The van der Waals surface area contributed by atoms with Gasteiger partial charge in [-0.05, 0) is 85.5 Å². The SMILES string of the molecule is CCc1c(C(N)=O)ccc(-c2ccc3c(c2)CCN(CCN2CCC[C@H]2C)C3=O)c1CC. The van der Waals surface area contributed by atoms with Gasteiger partial charge in [-0.2, -0.15) is 0 Å². The molecule has 32 heavy (non-hydrogen) atoms. The van der Waals surface area contributed by atoms with E-state index in [9.17, 15) is 9.59 Å². The second-order valence-corrected chi connectivity index (χ2v) is 9.13. The van der Waals surface area contributed by atoms with Crippen LogP contribution in [0.3, 0.4) is 0 Å². The maximum absolute atomic E-state index is 13.2. The molecule has 170 valence electrons. The fraction of sp³-hybridized carbons (Fsp3) is 0.481. The summed E-state index contributed by atoms with van der Waals surface area (Å²) in [6.07, 6.45) is 5.01. The van der Waals surface area contributed by atoms with Gasteiger partial charge in [0.15, 0.2) is 0 Å². The van der Waals surface area contributed by atoms with E-state index in [4.69, 9.17) is 5.73 Å². The summed E-state index contributed by atoms with van der Waals surface area (Å²) in [5.74, 6) is -0.221. The molecule has 1 fully saturated rings. The Labute approximate surface area is 191 Å². The lowest BCUT2D eigenvalue weighted by Crippen LogP contribution is -2.43. The highest BCUT2D eigenvalue weighted by Gasteiger charge is 2.27. The molecule has 2 aromatic rings. The number of primary amides is 1. The summed E-state index contributed by atoms with van der Waals surface area (Å²) in [6.45, 7) is 10.2. The lowest BCUT2D eigenvalue weighted by Gasteiger charge is -2.31. The zero-order valence-corrected chi connectivity index (χ0v) is 19.6. The Hall–Kier alpha value is -2.66. The van der Waals surface area contributed by atoms with Crippen LogP contribution in [0.15, 0.2) is 30.3 Å². The number of amides is 2. The van der Waals surface area contributed by atoms with Gasteiger partial charge < -0.3 is 10.6 Å². The Morgan fingerprint density at radius 3 is 2.44 bits per heavy atom. The minimum absolute atomic E-state index is 0.152. The third kappa shape index (κ3) is 4.18. The smallest absolute Gasteiger partial charge is 0.254 e. The van der Waals surface area contributed by atoms with Crippen LogP contribution in [0.4, 0.5) is 0 Å². The first-order valence-corrected chi connectivity index (χ1v) is 12.1. The van der Waals surface area contributed by atoms with Gasteiger partial charge in [0.2, 0.25) is 5.91 Å². The zero-order chi connectivity index (χ0) is 22.8. The van der Waals surface area contributed by atoms with Crippen LogP contribution >= 0.6 is 0 Å². The normalized spacial score (nSPS) is 18.8. The Morgan fingerprint density at radius 2 is 1.78 bits per heavy atom. The van der Waals surface area contributed by atoms with Crippen molar-refractivity contribution in [3.05, 3.63) is 58.1 Å². The van der Waals surface area contributed by atoms with Crippen LogP contribution in [0, 0.1) is 0 Å². The highest BCUT2D eigenvalue weighted by atomic mass is 16.2. The van der Waals surface area contributed by atoms with Gasteiger partial charge in [-0.25, -0.2) is 0 Å². The summed E-state index contributed by atoms with van der Waals surface area (Å²) in [5, 5.41) is 0. The number of nitrogens with zero attached hydrogens (tertiary/aromatic N) is 2. The third-order valence-electron chi connectivity index (χ3n) is 7.34. The first-order valence-electron chi connectivity index (χ1n) is 12.1. The molecule has 0 aromatic heterocycles. The van der Waals surface area contributed by atoms with E-state index >= 15 is 0 Å². The zero-order valence-electron chi connectivity index (χ0n) is 19.6. The molecule has 2 aliphatic rings. The Bertz CT molecular complexity index is 1030. The standard InChI is InChI=1S/C27H35N3O2/c1-4-21-22(5-2)25(26(28)31)11-10-23(21)19-8-9-24-20(17-19)12-14-30(27(24)32)16-15-29-13-6-7-18(29)3/h8-11,17-18H,4-7,12-16H2,1-3H3,(H2,28,31)/t18-/m1/s1. The number of fused-ring (bicyclic) bond motifs is 1. The van der Waals surface area contributed by atoms with E-state index in [1.807, 2.05) is 23.1 Å². The highest BCUT2D eigenvalue weighted by molar-refractivity contribution is 5.98. The lowest BCUT2D eigenvalue weighted by atomic mass is 9.87. The average Bonchev–Trinajstić information content (AvgIpc) is 3.21. The van der Waals surface area contributed by atoms with Crippen molar-refractivity contribution in [1.82, 2.24) is 9.80 Å². The van der Waals surface area contributed by atoms with Crippen molar-refractivity contribution in [2.24, 2.45) is 5.73 Å². The Morgan fingerprint density at radius 1 is 1.03 bits per heavy atom. The van der Waals surface area contributed by atoms with E-state index in [-0.39, 0.29) is 11.8 Å². The van der Waals surface area contributed by atoms with E-state index in [0.717, 1.165) is 73.3 Å². The van der Waals surface area contributed by atoms with Crippen molar-refractivity contribution in [2.75, 3.05) is 26.2 Å². The second kappa shape index (κ2) is 9.45. The molecule has 4 rings (SSSR count). The number of carbonyl (C=O) groups excluding carboxylic acids is 2. The van der Waals surface area contributed by atoms with Crippen LogP contribution in [0.1, 0.15) is 71.0 Å². The maximum atomic E-state index is 13.2. The molecule has 0 bridgehead atoms. The summed E-state index contributed by atoms with van der Waals surface area (Å²) in [7, 11) is 0. The van der Waals surface area contributed by atoms with Crippen LogP contribution in [0.25, 0.3) is 11.1 Å². The van der Waals surface area contributed by atoms with E-state index < -0.39 is 0 Å². The Balaban J connectivity index is 1.58. The van der Waals surface area contributed by atoms with Crippen LogP contribution < -0.4 is 5.73 Å². The molecule has 2 amide bonds. The summed E-state index contributed by atoms with van der Waals surface area (Å²) in [6, 6.07) is 10.7. The number of hydrogen-bond donors (Lipinski definition) is 1. The van der Waals surface area contributed by atoms with Gasteiger partial charge in [0, 0.05) is 36.8 Å². The van der Waals surface area contributed by atoms with Crippen molar-refractivity contribution >= 4 is 11.8 Å². The quantitative estimate of drug-likeness (QED) is 0.716. The van der Waals surface area contributed by atoms with E-state index in [1.54, 1.807) is 0 Å². The lowest BCUT2D eigenvalue weighted by molar-refractivity contribution is 0.0716. The summed E-state index contributed by atoms with van der Waals surface area (Å²) in [4.78, 5) is 29.6. The van der Waals surface area contributed by atoms with E-state index in [2.05, 4.69) is 37.8 Å². The molecule has 5 nitrogen and oxygen atoms in total. The molecule has 0 spiro atoms. The molecular weight excluding hydrogens is 398 g/mol. The van der Waals surface area contributed by atoms with E-state index in [1.165, 1.54) is 18.4 Å². The molecule has 0 saturated carbocycles. The molecule has 1 atom stereocenters. The Kier molecular flexibility index (Phi) is 6.66. The van der Waals surface area contributed by atoms with Gasteiger partial charge in [-0.15, -0.1) is 0 Å². The number of rotatable bonds is 7. The predicted molar refractivity (Wildman–Crippen MR) is 129 cm³/mol. The summed E-state index contributed by atoms with van der Waals surface area (Å²) < 4.78 is 0. The van der Waals surface area contributed by atoms with Gasteiger partial charge in [0.05, 0.1) is 0 Å². The van der Waals surface area contributed by atoms with Crippen molar-refractivity contribution < 1.29 is 9.59 Å². The number of nitrogens with two attached hydrogens (primary N) is 1. The monoisotopic (exact) mass is 433 g/mol. The first-order chi connectivity index (χ1) is 15.4. The molecule has 1 saturated heterocycles. The molecule has 2 heterocycles. The molecule has 0 unspecified atom stereocenters. The van der Waals surface area contributed by atoms with Crippen LogP contribution in [-0.2, 0) is 19.3 Å². The number of hydrogen-bond acceptors (Lipinski definition) is 3. The van der Waals surface area contributed by atoms with Crippen LogP contribution in [0.2, 0.25) is 0 Å². The molecular formula is C27H35N3O2. The third-order valence-corrected chi connectivity index (χ3v) is 7.34. The predicted octanol–water partition coefficient (Wildman–Crippen LogP) is 4.06. The molecule has 5 heteroatoms. The number of carbonyl (C=O) groups is 2. The molecule has 0 radical (unpaired) electrons. The summed E-state index contributed by atoms with van der Waals surface area (Å²) in [5.41, 5.74) is 12.6. The van der Waals surface area contributed by atoms with Gasteiger partial charge in [0.1, 0.15) is 0 Å². The maximum Gasteiger partial charge on any atom is 0.254 e. The van der Waals surface area contributed by atoms with Crippen molar-refractivity contribution in [3.63, 3.8) is 0 Å². The fourth-order valence-corrected chi connectivity index (χ4v) is 5.49. The fourth-order valence-electron chi connectivity index (χ4n) is 5.49. The van der Waals surface area contributed by atoms with Crippen molar-refractivity contribution in [2.45, 2.75) is 58.9 Å². The minimum atomic E-state index is -0.373.